The van der Waals surface area contributed by atoms with Crippen molar-refractivity contribution in [3.8, 4) is 0 Å². The lowest BCUT2D eigenvalue weighted by Gasteiger charge is -2.42. The molecule has 2 aromatic rings. The number of piperidine rings is 1. The van der Waals surface area contributed by atoms with E-state index < -0.39 is 0 Å². The predicted molar refractivity (Wildman–Crippen MR) is 102 cm³/mol. The predicted octanol–water partition coefficient (Wildman–Crippen LogP) is 1.57. The molecular formula is C20H27N5O2. The van der Waals surface area contributed by atoms with Gasteiger partial charge in [0.1, 0.15) is 0 Å². The highest BCUT2D eigenvalue weighted by atomic mass is 16.5. The van der Waals surface area contributed by atoms with Gasteiger partial charge in [0.05, 0.1) is 24.4 Å². The molecule has 0 amide bonds. The van der Waals surface area contributed by atoms with Crippen LogP contribution in [0.2, 0.25) is 0 Å². The van der Waals surface area contributed by atoms with E-state index in [1.165, 1.54) is 7.11 Å². The maximum absolute atomic E-state index is 12.0. The van der Waals surface area contributed by atoms with Gasteiger partial charge >= 0.3 is 5.97 Å². The second kappa shape index (κ2) is 7.78. The van der Waals surface area contributed by atoms with Gasteiger partial charge in [-0.3, -0.25) is 14.6 Å². The SMILES string of the molecule is COC(=O)c1ccncc1Cc1cn(C2CCN(C3CNC3)CC2)nc1C. The normalized spacial score (nSPS) is 19.0. The number of methoxy groups -OCH3 is 1. The zero-order chi connectivity index (χ0) is 18.8. The third-order valence-corrected chi connectivity index (χ3v) is 5.86. The summed E-state index contributed by atoms with van der Waals surface area (Å²) in [5, 5.41) is 8.13. The van der Waals surface area contributed by atoms with Crippen molar-refractivity contribution in [2.45, 2.75) is 38.3 Å². The summed E-state index contributed by atoms with van der Waals surface area (Å²) < 4.78 is 7.03. The third-order valence-electron chi connectivity index (χ3n) is 5.86. The number of carbonyl (C=O) groups excluding carboxylic acids is 1. The van der Waals surface area contributed by atoms with Crippen LogP contribution in [0.1, 0.15) is 46.1 Å². The Hall–Kier alpha value is -2.25. The van der Waals surface area contributed by atoms with Crippen molar-refractivity contribution in [3.05, 3.63) is 47.0 Å². The summed E-state index contributed by atoms with van der Waals surface area (Å²) in [6.45, 7) is 6.57. The number of hydrogen-bond acceptors (Lipinski definition) is 6. The number of likely N-dealkylation sites (tertiary alicyclic amines) is 1. The maximum Gasteiger partial charge on any atom is 0.338 e. The van der Waals surface area contributed by atoms with Crippen molar-refractivity contribution in [1.29, 1.82) is 0 Å². The number of rotatable bonds is 5. The Labute approximate surface area is 159 Å². The van der Waals surface area contributed by atoms with Crippen LogP contribution in [0.4, 0.5) is 0 Å². The molecule has 0 radical (unpaired) electrons. The molecule has 0 saturated carbocycles. The number of nitrogens with zero attached hydrogens (tertiary/aromatic N) is 4. The van der Waals surface area contributed by atoms with Crippen LogP contribution in [-0.4, -0.2) is 65.0 Å². The molecule has 4 heterocycles. The minimum Gasteiger partial charge on any atom is -0.465 e. The molecule has 7 nitrogen and oxygen atoms in total. The van der Waals surface area contributed by atoms with Gasteiger partial charge in [0.15, 0.2) is 0 Å². The van der Waals surface area contributed by atoms with Crippen LogP contribution in [0, 0.1) is 6.92 Å². The minimum atomic E-state index is -0.324. The second-order valence-corrected chi connectivity index (χ2v) is 7.50. The Morgan fingerprint density at radius 2 is 2.04 bits per heavy atom. The number of pyridine rings is 1. The van der Waals surface area contributed by atoms with Crippen molar-refractivity contribution in [2.75, 3.05) is 33.3 Å². The Morgan fingerprint density at radius 3 is 2.70 bits per heavy atom. The molecule has 0 unspecified atom stereocenters. The van der Waals surface area contributed by atoms with E-state index in [2.05, 4.69) is 26.1 Å². The molecule has 7 heteroatoms. The molecule has 27 heavy (non-hydrogen) atoms. The van der Waals surface area contributed by atoms with E-state index in [0.29, 0.717) is 18.0 Å². The highest BCUT2D eigenvalue weighted by molar-refractivity contribution is 5.90. The summed E-state index contributed by atoms with van der Waals surface area (Å²) in [5.41, 5.74) is 3.60. The molecule has 2 saturated heterocycles. The lowest BCUT2D eigenvalue weighted by molar-refractivity contribution is 0.0599. The Bertz CT molecular complexity index is 806. The summed E-state index contributed by atoms with van der Waals surface area (Å²) in [5.74, 6) is -0.324. The largest absolute Gasteiger partial charge is 0.465 e. The molecule has 0 bridgehead atoms. The van der Waals surface area contributed by atoms with Gasteiger partial charge in [-0.05, 0) is 37.0 Å². The summed E-state index contributed by atoms with van der Waals surface area (Å²) in [4.78, 5) is 18.8. The number of nitrogens with one attached hydrogen (secondary N) is 1. The first-order valence-electron chi connectivity index (χ1n) is 9.66. The van der Waals surface area contributed by atoms with Crippen LogP contribution in [0.5, 0.6) is 0 Å². The third kappa shape index (κ3) is 3.75. The fourth-order valence-electron chi connectivity index (χ4n) is 4.01. The van der Waals surface area contributed by atoms with Gasteiger partial charge in [0.25, 0.3) is 0 Å². The highest BCUT2D eigenvalue weighted by Gasteiger charge is 2.29. The molecule has 2 aliphatic rings. The summed E-state index contributed by atoms with van der Waals surface area (Å²) in [7, 11) is 1.40. The topological polar surface area (TPSA) is 72.3 Å². The first-order chi connectivity index (χ1) is 13.2. The van der Waals surface area contributed by atoms with Crippen LogP contribution < -0.4 is 5.32 Å². The van der Waals surface area contributed by atoms with Gasteiger partial charge < -0.3 is 10.1 Å². The van der Waals surface area contributed by atoms with E-state index in [4.69, 9.17) is 9.84 Å². The average molecular weight is 369 g/mol. The van der Waals surface area contributed by atoms with Gasteiger partial charge in [0.2, 0.25) is 0 Å². The van der Waals surface area contributed by atoms with Crippen molar-refractivity contribution in [1.82, 2.24) is 25.0 Å². The van der Waals surface area contributed by atoms with E-state index in [9.17, 15) is 4.79 Å². The quantitative estimate of drug-likeness (QED) is 0.807. The number of esters is 1. The monoisotopic (exact) mass is 369 g/mol. The fourth-order valence-corrected chi connectivity index (χ4v) is 4.01. The van der Waals surface area contributed by atoms with Crippen molar-refractivity contribution < 1.29 is 9.53 Å². The number of ether oxygens (including phenoxy) is 1. The fraction of sp³-hybridized carbons (Fsp3) is 0.550. The van der Waals surface area contributed by atoms with Crippen molar-refractivity contribution in [3.63, 3.8) is 0 Å². The Balaban J connectivity index is 1.46. The lowest BCUT2D eigenvalue weighted by atomic mass is 10.0. The summed E-state index contributed by atoms with van der Waals surface area (Å²) in [6.07, 6.45) is 8.42. The van der Waals surface area contributed by atoms with Gasteiger partial charge in [0, 0.05) is 57.2 Å². The summed E-state index contributed by atoms with van der Waals surface area (Å²) >= 11 is 0. The van der Waals surface area contributed by atoms with E-state index in [-0.39, 0.29) is 5.97 Å². The van der Waals surface area contributed by atoms with Crippen LogP contribution in [0.15, 0.2) is 24.7 Å². The molecule has 2 fully saturated rings. The minimum absolute atomic E-state index is 0.324. The van der Waals surface area contributed by atoms with E-state index in [0.717, 1.165) is 61.9 Å². The molecule has 4 rings (SSSR count). The van der Waals surface area contributed by atoms with Gasteiger partial charge in [-0.1, -0.05) is 0 Å². The summed E-state index contributed by atoms with van der Waals surface area (Å²) in [6, 6.07) is 2.89. The van der Waals surface area contributed by atoms with Crippen LogP contribution in [0.3, 0.4) is 0 Å². The zero-order valence-electron chi connectivity index (χ0n) is 16.0. The number of aryl methyl sites for hydroxylation is 1. The van der Waals surface area contributed by atoms with Crippen LogP contribution >= 0.6 is 0 Å². The first-order valence-corrected chi connectivity index (χ1v) is 9.66. The average Bonchev–Trinajstić information content (AvgIpc) is 3.01. The standard InChI is InChI=1S/C20H27N5O2/c1-14-16(9-15-10-21-6-3-19(15)20(26)27-2)13-25(23-14)17-4-7-24(8-5-17)18-11-22-12-18/h3,6,10,13,17-18,22H,4-5,7-9,11-12H2,1-2H3. The number of aromatic nitrogens is 3. The van der Waals surface area contributed by atoms with Crippen molar-refractivity contribution in [2.24, 2.45) is 0 Å². The molecule has 0 atom stereocenters. The molecular weight excluding hydrogens is 342 g/mol. The molecule has 0 aliphatic carbocycles. The van der Waals surface area contributed by atoms with Gasteiger partial charge in [-0.15, -0.1) is 0 Å². The van der Waals surface area contributed by atoms with E-state index >= 15 is 0 Å². The Morgan fingerprint density at radius 1 is 1.26 bits per heavy atom. The smallest absolute Gasteiger partial charge is 0.338 e. The van der Waals surface area contributed by atoms with Crippen LogP contribution in [0.25, 0.3) is 0 Å². The maximum atomic E-state index is 12.0. The highest BCUT2D eigenvalue weighted by Crippen LogP contribution is 2.26. The zero-order valence-corrected chi connectivity index (χ0v) is 16.0. The van der Waals surface area contributed by atoms with Gasteiger partial charge in [-0.25, -0.2) is 4.79 Å². The van der Waals surface area contributed by atoms with Gasteiger partial charge in [-0.2, -0.15) is 5.10 Å². The molecule has 0 aromatic carbocycles. The second-order valence-electron chi connectivity index (χ2n) is 7.50. The Kier molecular flexibility index (Phi) is 5.22. The molecule has 0 spiro atoms. The lowest BCUT2D eigenvalue weighted by Crippen LogP contribution is -2.58. The molecule has 2 aliphatic heterocycles. The van der Waals surface area contributed by atoms with E-state index in [1.54, 1.807) is 18.5 Å². The first kappa shape index (κ1) is 18.1. The van der Waals surface area contributed by atoms with E-state index in [1.807, 2.05) is 6.92 Å². The van der Waals surface area contributed by atoms with Crippen molar-refractivity contribution >= 4 is 5.97 Å². The molecule has 1 N–H and O–H groups in total. The van der Waals surface area contributed by atoms with Crippen LogP contribution in [-0.2, 0) is 11.2 Å². The number of hydrogen-bond donors (Lipinski definition) is 1. The molecule has 2 aromatic heterocycles. The number of carbonyl (C=O) groups is 1. The molecule has 144 valence electrons.